The Morgan fingerprint density at radius 2 is 1.90 bits per heavy atom. The van der Waals surface area contributed by atoms with Crippen LogP contribution in [0.3, 0.4) is 0 Å². The Bertz CT molecular complexity index is 1020. The van der Waals surface area contributed by atoms with Gasteiger partial charge in [-0.3, -0.25) is 14.7 Å². The molecule has 0 aliphatic carbocycles. The van der Waals surface area contributed by atoms with Crippen molar-refractivity contribution >= 4 is 16.8 Å². The molecule has 0 saturated carbocycles. The number of nitrogens with one attached hydrogen (secondary N) is 1. The van der Waals surface area contributed by atoms with E-state index in [1.54, 1.807) is 0 Å². The van der Waals surface area contributed by atoms with Crippen LogP contribution in [0, 0.1) is 5.92 Å². The molecule has 3 aromatic rings. The summed E-state index contributed by atoms with van der Waals surface area (Å²) in [6.07, 6.45) is 6.90. The average Bonchev–Trinajstić information content (AvgIpc) is 3.14. The molecule has 0 spiro atoms. The van der Waals surface area contributed by atoms with E-state index >= 15 is 0 Å². The van der Waals surface area contributed by atoms with Crippen molar-refractivity contribution in [1.82, 2.24) is 19.8 Å². The minimum absolute atomic E-state index is 0.0129. The van der Waals surface area contributed by atoms with Crippen molar-refractivity contribution in [3.05, 3.63) is 59.9 Å². The largest absolute Gasteiger partial charge is 0.478 e. The number of ether oxygens (including phenoxy) is 1. The summed E-state index contributed by atoms with van der Waals surface area (Å²) >= 11 is 0. The summed E-state index contributed by atoms with van der Waals surface area (Å²) in [6.45, 7) is 5.40. The number of likely N-dealkylation sites (tertiary alicyclic amines) is 1. The topological polar surface area (TPSA) is 59.4 Å². The summed E-state index contributed by atoms with van der Waals surface area (Å²) < 4.78 is 8.06. The van der Waals surface area contributed by atoms with Crippen molar-refractivity contribution in [1.29, 1.82) is 0 Å². The number of amides is 1. The number of carbonyl (C=O) groups is 1. The van der Waals surface area contributed by atoms with Crippen LogP contribution in [0.2, 0.25) is 0 Å². The standard InChI is InChI=1S/C24H28N4O2/c29-23(22-20-4-1-2-5-21(20)28-12-3-15-30-24(22)28)26-16-18-8-13-27(14-9-18)17-19-6-10-25-11-7-19/h1-2,4-7,10-11,18H,3,8-9,12-17H2,(H,26,29). The maximum atomic E-state index is 13.1. The number of piperidine rings is 1. The Hall–Kier alpha value is -2.86. The van der Waals surface area contributed by atoms with E-state index in [0.717, 1.165) is 68.8 Å². The van der Waals surface area contributed by atoms with Crippen LogP contribution in [0.4, 0.5) is 0 Å². The molecule has 0 atom stereocenters. The fourth-order valence-electron chi connectivity index (χ4n) is 4.68. The normalized spacial score (nSPS) is 17.5. The van der Waals surface area contributed by atoms with E-state index in [4.69, 9.17) is 4.74 Å². The molecule has 1 N–H and O–H groups in total. The number of aryl methyl sites for hydroxylation is 1. The van der Waals surface area contributed by atoms with E-state index in [0.29, 0.717) is 18.1 Å². The number of pyridine rings is 1. The second kappa shape index (κ2) is 8.48. The Morgan fingerprint density at radius 1 is 1.10 bits per heavy atom. The molecule has 4 heterocycles. The fraction of sp³-hybridized carbons (Fsp3) is 0.417. The number of carbonyl (C=O) groups excluding carboxylic acids is 1. The zero-order valence-corrected chi connectivity index (χ0v) is 17.2. The van der Waals surface area contributed by atoms with Gasteiger partial charge in [-0.15, -0.1) is 0 Å². The van der Waals surface area contributed by atoms with E-state index in [1.165, 1.54) is 5.56 Å². The number of hydrogen-bond donors (Lipinski definition) is 1. The summed E-state index contributed by atoms with van der Waals surface area (Å²) in [6, 6.07) is 12.3. The summed E-state index contributed by atoms with van der Waals surface area (Å²) in [4.78, 5) is 19.7. The minimum Gasteiger partial charge on any atom is -0.478 e. The zero-order chi connectivity index (χ0) is 20.3. The smallest absolute Gasteiger partial charge is 0.257 e. The highest BCUT2D eigenvalue weighted by atomic mass is 16.5. The third-order valence-corrected chi connectivity index (χ3v) is 6.33. The first-order valence-corrected chi connectivity index (χ1v) is 10.9. The number of hydrogen-bond acceptors (Lipinski definition) is 4. The highest BCUT2D eigenvalue weighted by Gasteiger charge is 2.27. The van der Waals surface area contributed by atoms with E-state index in [-0.39, 0.29) is 5.91 Å². The highest BCUT2D eigenvalue weighted by Crippen LogP contribution is 2.34. The SMILES string of the molecule is O=C(NCC1CCN(Cc2ccncc2)CC1)c1c2n(c3ccccc13)CCCO2. The van der Waals surface area contributed by atoms with Gasteiger partial charge in [0.2, 0.25) is 5.88 Å². The molecule has 5 rings (SSSR count). The van der Waals surface area contributed by atoms with Crippen LogP contribution in [0.1, 0.15) is 35.2 Å². The molecule has 1 saturated heterocycles. The lowest BCUT2D eigenvalue weighted by atomic mass is 9.96. The van der Waals surface area contributed by atoms with Crippen molar-refractivity contribution in [3.63, 3.8) is 0 Å². The van der Waals surface area contributed by atoms with Crippen LogP contribution in [0.15, 0.2) is 48.8 Å². The maximum absolute atomic E-state index is 13.1. The van der Waals surface area contributed by atoms with E-state index in [9.17, 15) is 4.79 Å². The van der Waals surface area contributed by atoms with Crippen molar-refractivity contribution in [2.45, 2.75) is 32.4 Å². The summed E-state index contributed by atoms with van der Waals surface area (Å²) in [5, 5.41) is 4.19. The lowest BCUT2D eigenvalue weighted by Gasteiger charge is -2.32. The lowest BCUT2D eigenvalue weighted by molar-refractivity contribution is 0.0930. The fourth-order valence-corrected chi connectivity index (χ4v) is 4.68. The van der Waals surface area contributed by atoms with Gasteiger partial charge in [-0.1, -0.05) is 18.2 Å². The summed E-state index contributed by atoms with van der Waals surface area (Å²) in [5.74, 6) is 1.24. The molecule has 0 unspecified atom stereocenters. The number of rotatable bonds is 5. The first-order valence-electron chi connectivity index (χ1n) is 10.9. The second-order valence-corrected chi connectivity index (χ2v) is 8.34. The van der Waals surface area contributed by atoms with Gasteiger partial charge in [0.15, 0.2) is 0 Å². The molecule has 0 bridgehead atoms. The van der Waals surface area contributed by atoms with Gasteiger partial charge in [0.25, 0.3) is 5.91 Å². The van der Waals surface area contributed by atoms with Crippen LogP contribution < -0.4 is 10.1 Å². The van der Waals surface area contributed by atoms with Crippen LogP contribution in [0.25, 0.3) is 10.9 Å². The van der Waals surface area contributed by atoms with E-state index in [2.05, 4.69) is 38.0 Å². The van der Waals surface area contributed by atoms with Crippen LogP contribution in [0.5, 0.6) is 5.88 Å². The van der Waals surface area contributed by atoms with Crippen molar-refractivity contribution < 1.29 is 9.53 Å². The van der Waals surface area contributed by atoms with Gasteiger partial charge in [-0.25, -0.2) is 0 Å². The number of benzene rings is 1. The van der Waals surface area contributed by atoms with E-state index < -0.39 is 0 Å². The first kappa shape index (κ1) is 19.1. The van der Waals surface area contributed by atoms with Crippen molar-refractivity contribution in [2.75, 3.05) is 26.2 Å². The van der Waals surface area contributed by atoms with E-state index in [1.807, 2.05) is 30.6 Å². The Morgan fingerprint density at radius 3 is 2.73 bits per heavy atom. The summed E-state index contributed by atoms with van der Waals surface area (Å²) in [7, 11) is 0. The Labute approximate surface area is 176 Å². The molecule has 0 radical (unpaired) electrons. The number of aromatic nitrogens is 2. The molecule has 1 fully saturated rings. The number of fused-ring (bicyclic) bond motifs is 3. The molecule has 2 aliphatic rings. The Kier molecular flexibility index (Phi) is 5.41. The quantitative estimate of drug-likeness (QED) is 0.708. The van der Waals surface area contributed by atoms with Gasteiger partial charge in [0.05, 0.1) is 12.1 Å². The van der Waals surface area contributed by atoms with Crippen LogP contribution in [-0.4, -0.2) is 46.6 Å². The molecule has 156 valence electrons. The molecule has 2 aliphatic heterocycles. The van der Waals surface area contributed by atoms with Crippen molar-refractivity contribution in [3.8, 4) is 5.88 Å². The van der Waals surface area contributed by atoms with Gasteiger partial charge in [0.1, 0.15) is 5.56 Å². The molecule has 2 aromatic heterocycles. The van der Waals surface area contributed by atoms with Gasteiger partial charge in [-0.05, 0) is 62.0 Å². The van der Waals surface area contributed by atoms with Gasteiger partial charge < -0.3 is 14.6 Å². The monoisotopic (exact) mass is 404 g/mol. The van der Waals surface area contributed by atoms with Crippen LogP contribution in [-0.2, 0) is 13.1 Å². The second-order valence-electron chi connectivity index (χ2n) is 8.34. The third kappa shape index (κ3) is 3.79. The molecular formula is C24H28N4O2. The molecular weight excluding hydrogens is 376 g/mol. The molecule has 1 amide bonds. The zero-order valence-electron chi connectivity index (χ0n) is 17.2. The van der Waals surface area contributed by atoms with Gasteiger partial charge in [-0.2, -0.15) is 0 Å². The minimum atomic E-state index is -0.0129. The van der Waals surface area contributed by atoms with Crippen molar-refractivity contribution in [2.24, 2.45) is 5.92 Å². The molecule has 30 heavy (non-hydrogen) atoms. The number of nitrogens with zero attached hydrogens (tertiary/aromatic N) is 3. The molecule has 6 nitrogen and oxygen atoms in total. The first-order chi connectivity index (χ1) is 14.8. The highest BCUT2D eigenvalue weighted by molar-refractivity contribution is 6.09. The average molecular weight is 405 g/mol. The number of para-hydroxylation sites is 1. The summed E-state index contributed by atoms with van der Waals surface area (Å²) in [5.41, 5.74) is 3.09. The molecule has 1 aromatic carbocycles. The predicted octanol–water partition coefficient (Wildman–Crippen LogP) is 3.46. The van der Waals surface area contributed by atoms with Gasteiger partial charge in [0, 0.05) is 37.4 Å². The maximum Gasteiger partial charge on any atom is 0.257 e. The third-order valence-electron chi connectivity index (χ3n) is 6.33. The van der Waals surface area contributed by atoms with Gasteiger partial charge >= 0.3 is 0 Å². The lowest BCUT2D eigenvalue weighted by Crippen LogP contribution is -2.38. The van der Waals surface area contributed by atoms with Crippen LogP contribution >= 0.6 is 0 Å². The molecule has 6 heteroatoms. The Balaban J connectivity index is 1.21. The predicted molar refractivity (Wildman–Crippen MR) is 117 cm³/mol.